The first-order valence-electron chi connectivity index (χ1n) is 23.8. The van der Waals surface area contributed by atoms with Gasteiger partial charge < -0.3 is 18.9 Å². The van der Waals surface area contributed by atoms with E-state index in [-0.39, 0.29) is 0 Å². The van der Waals surface area contributed by atoms with Gasteiger partial charge in [0, 0.05) is 0 Å². The van der Waals surface area contributed by atoms with Crippen LogP contribution in [0.1, 0.15) is 161 Å². The molecule has 2 fully saturated rings. The summed E-state index contributed by atoms with van der Waals surface area (Å²) in [5.41, 5.74) is 2.16. The Morgan fingerprint density at radius 3 is 1.23 bits per heavy atom. The predicted octanol–water partition coefficient (Wildman–Crippen LogP) is 14.8. The van der Waals surface area contributed by atoms with E-state index in [1.807, 2.05) is 60.7 Å². The van der Waals surface area contributed by atoms with Gasteiger partial charge in [0.05, 0.1) is 11.1 Å². The molecule has 0 amide bonds. The first-order valence-corrected chi connectivity index (χ1v) is 23.8. The van der Waals surface area contributed by atoms with Crippen LogP contribution in [0.25, 0.3) is 0 Å². The van der Waals surface area contributed by atoms with Crippen molar-refractivity contribution in [3.8, 4) is 11.5 Å². The van der Waals surface area contributed by atoms with Gasteiger partial charge in [-0.2, -0.15) is 0 Å². The second-order valence-electron chi connectivity index (χ2n) is 17.6. The standard InChI is InChI=1S/C56H70O6/c1-3-5-9-17-43-25-29-45(30-26-43)19-15-41-59-51-37-33-49(34-38-51)55(57)61-53(47-21-11-7-12-22-47)54(48-23-13-8-14-24-48)62-56(58)50-35-39-52(40-36-50)60-42-16-20-46-31-27-44(28-32-46)18-10-6-4-2/h7-8,11-16,19-24,33-40,43-46,53-54H,3-6,9-10,17-18,25-32,41-42H2,1-2H3/t43-,44-,45-,46-,53-,54-/m1/s1. The molecule has 330 valence electrons. The number of carbonyl (C=O) groups excluding carboxylic acids is 2. The van der Waals surface area contributed by atoms with Crippen LogP contribution in [0.3, 0.4) is 0 Å². The Balaban J connectivity index is 1.03. The summed E-state index contributed by atoms with van der Waals surface area (Å²) in [7, 11) is 0. The van der Waals surface area contributed by atoms with Crippen molar-refractivity contribution >= 4 is 11.9 Å². The Morgan fingerprint density at radius 1 is 0.500 bits per heavy atom. The van der Waals surface area contributed by atoms with Crippen LogP contribution in [0, 0.1) is 23.7 Å². The van der Waals surface area contributed by atoms with Crippen LogP contribution in [0.5, 0.6) is 11.5 Å². The van der Waals surface area contributed by atoms with Crippen LogP contribution in [-0.4, -0.2) is 25.2 Å². The number of hydrogen-bond acceptors (Lipinski definition) is 6. The maximum Gasteiger partial charge on any atom is 0.338 e. The van der Waals surface area contributed by atoms with Crippen molar-refractivity contribution in [1.29, 1.82) is 0 Å². The summed E-state index contributed by atoms with van der Waals surface area (Å²) in [6.45, 7) is 5.50. The molecule has 6 nitrogen and oxygen atoms in total. The van der Waals surface area contributed by atoms with Crippen LogP contribution in [0.15, 0.2) is 133 Å². The predicted molar refractivity (Wildman–Crippen MR) is 251 cm³/mol. The van der Waals surface area contributed by atoms with Gasteiger partial charge in [-0.05, 0) is 135 Å². The summed E-state index contributed by atoms with van der Waals surface area (Å²) >= 11 is 0. The molecular weight excluding hydrogens is 769 g/mol. The molecule has 62 heavy (non-hydrogen) atoms. The van der Waals surface area contributed by atoms with Gasteiger partial charge in [-0.3, -0.25) is 0 Å². The Labute approximate surface area is 372 Å². The van der Waals surface area contributed by atoms with Crippen molar-refractivity contribution in [2.24, 2.45) is 23.7 Å². The highest BCUT2D eigenvalue weighted by molar-refractivity contribution is 5.90. The highest BCUT2D eigenvalue weighted by Crippen LogP contribution is 2.38. The summed E-state index contributed by atoms with van der Waals surface area (Å²) in [5, 5.41) is 0. The largest absolute Gasteiger partial charge is 0.490 e. The zero-order valence-corrected chi connectivity index (χ0v) is 37.3. The first kappa shape index (κ1) is 46.4. The molecule has 4 aromatic rings. The van der Waals surface area contributed by atoms with E-state index in [2.05, 4.69) is 38.2 Å². The van der Waals surface area contributed by atoms with E-state index in [0.717, 1.165) is 11.8 Å². The van der Waals surface area contributed by atoms with Crippen molar-refractivity contribution in [2.75, 3.05) is 13.2 Å². The minimum absolute atomic E-state index is 0.373. The van der Waals surface area contributed by atoms with Crippen molar-refractivity contribution in [3.05, 3.63) is 156 Å². The SMILES string of the molecule is CCCCC[C@H]1CC[C@H](C=CCOc2ccc(C(=O)O[C@H](c3ccccc3)[C@H](OC(=O)c3ccc(OCC=C[C@H]4CC[C@H](CCCCC)CC4)cc3)c3ccccc3)cc2)CC1. The molecule has 2 saturated carbocycles. The normalized spacial score (nSPS) is 20.1. The van der Waals surface area contributed by atoms with E-state index >= 15 is 0 Å². The maximum absolute atomic E-state index is 13.8. The zero-order chi connectivity index (χ0) is 43.2. The Kier molecular flexibility index (Phi) is 19.3. The number of rotatable bonds is 23. The van der Waals surface area contributed by atoms with Gasteiger partial charge in [-0.25, -0.2) is 9.59 Å². The maximum atomic E-state index is 13.8. The molecule has 0 heterocycles. The Hall–Kier alpha value is -5.10. The molecule has 6 heteroatoms. The lowest BCUT2D eigenvalue weighted by molar-refractivity contribution is -0.0388. The molecule has 0 saturated heterocycles. The van der Waals surface area contributed by atoms with Crippen LogP contribution >= 0.6 is 0 Å². The zero-order valence-electron chi connectivity index (χ0n) is 37.3. The summed E-state index contributed by atoms with van der Waals surface area (Å²) in [6, 6.07) is 32.9. The molecule has 2 atom stereocenters. The van der Waals surface area contributed by atoms with E-state index < -0.39 is 24.1 Å². The smallest absolute Gasteiger partial charge is 0.338 e. The molecule has 4 aromatic carbocycles. The third kappa shape index (κ3) is 15.1. The fraction of sp³-hybridized carbons (Fsp3) is 0.464. The van der Waals surface area contributed by atoms with Crippen molar-refractivity contribution in [1.82, 2.24) is 0 Å². The van der Waals surface area contributed by atoms with Gasteiger partial charge in [0.25, 0.3) is 0 Å². The number of ether oxygens (including phenoxy) is 4. The second-order valence-corrected chi connectivity index (χ2v) is 17.6. The summed E-state index contributed by atoms with van der Waals surface area (Å²) in [4.78, 5) is 27.6. The van der Waals surface area contributed by atoms with Crippen molar-refractivity contribution in [3.63, 3.8) is 0 Å². The molecule has 0 spiro atoms. The molecule has 0 radical (unpaired) electrons. The van der Waals surface area contributed by atoms with Gasteiger partial charge in [0.2, 0.25) is 0 Å². The molecule has 0 bridgehead atoms. The van der Waals surface area contributed by atoms with Gasteiger partial charge in [-0.15, -0.1) is 0 Å². The molecule has 0 aliphatic heterocycles. The molecular formula is C56H70O6. The highest BCUT2D eigenvalue weighted by Gasteiger charge is 2.33. The summed E-state index contributed by atoms with van der Waals surface area (Å²) < 4.78 is 24.6. The highest BCUT2D eigenvalue weighted by atomic mass is 16.6. The van der Waals surface area contributed by atoms with Crippen molar-refractivity contribution in [2.45, 2.75) is 129 Å². The number of unbranched alkanes of at least 4 members (excludes halogenated alkanes) is 4. The van der Waals surface area contributed by atoms with E-state index in [4.69, 9.17) is 18.9 Å². The van der Waals surface area contributed by atoms with Crippen LogP contribution < -0.4 is 9.47 Å². The number of hydrogen-bond donors (Lipinski definition) is 0. The van der Waals surface area contributed by atoms with Crippen LogP contribution in [0.2, 0.25) is 0 Å². The fourth-order valence-electron chi connectivity index (χ4n) is 9.13. The molecule has 2 aliphatic carbocycles. The number of esters is 2. The monoisotopic (exact) mass is 839 g/mol. The third-order valence-corrected chi connectivity index (χ3v) is 12.9. The molecule has 0 unspecified atom stereocenters. The lowest BCUT2D eigenvalue weighted by Gasteiger charge is -2.28. The van der Waals surface area contributed by atoms with Gasteiger partial charge in [0.15, 0.2) is 12.2 Å². The van der Waals surface area contributed by atoms with E-state index in [1.165, 1.54) is 103 Å². The Bertz CT molecular complexity index is 1780. The van der Waals surface area contributed by atoms with Crippen LogP contribution in [-0.2, 0) is 9.47 Å². The lowest BCUT2D eigenvalue weighted by Crippen LogP contribution is -2.23. The van der Waals surface area contributed by atoms with E-state index in [1.54, 1.807) is 48.5 Å². The minimum atomic E-state index is -0.923. The fourth-order valence-corrected chi connectivity index (χ4v) is 9.13. The minimum Gasteiger partial charge on any atom is -0.490 e. The molecule has 0 aromatic heterocycles. The summed E-state index contributed by atoms with van der Waals surface area (Å²) in [5.74, 6) is 3.36. The second kappa shape index (κ2) is 25.7. The van der Waals surface area contributed by atoms with Crippen LogP contribution in [0.4, 0.5) is 0 Å². The first-order chi connectivity index (χ1) is 30.5. The molecule has 0 N–H and O–H groups in total. The van der Waals surface area contributed by atoms with Crippen molar-refractivity contribution < 1.29 is 28.5 Å². The lowest BCUT2D eigenvalue weighted by atomic mass is 9.79. The van der Waals surface area contributed by atoms with E-state index in [0.29, 0.717) is 58.8 Å². The number of allylic oxidation sites excluding steroid dienone is 2. The topological polar surface area (TPSA) is 71.1 Å². The van der Waals surface area contributed by atoms with E-state index in [9.17, 15) is 9.59 Å². The molecule has 2 aliphatic rings. The van der Waals surface area contributed by atoms with Gasteiger partial charge in [-0.1, -0.05) is 150 Å². The quantitative estimate of drug-likeness (QED) is 0.0421. The van der Waals surface area contributed by atoms with Gasteiger partial charge >= 0.3 is 11.9 Å². The van der Waals surface area contributed by atoms with Gasteiger partial charge in [0.1, 0.15) is 24.7 Å². The number of carbonyl (C=O) groups is 2. The average molecular weight is 839 g/mol. The summed E-state index contributed by atoms with van der Waals surface area (Å²) in [6.07, 6.45) is 28.2. The average Bonchev–Trinajstić information content (AvgIpc) is 3.32. The third-order valence-electron chi connectivity index (χ3n) is 12.9. The molecule has 6 rings (SSSR count). The number of benzene rings is 4. The Morgan fingerprint density at radius 2 is 0.871 bits per heavy atom.